The summed E-state index contributed by atoms with van der Waals surface area (Å²) >= 11 is 0. The van der Waals surface area contributed by atoms with Crippen LogP contribution in [-0.2, 0) is 10.0 Å². The van der Waals surface area contributed by atoms with E-state index in [1.54, 1.807) is 31.2 Å². The van der Waals surface area contributed by atoms with E-state index in [2.05, 4.69) is 9.55 Å². The lowest BCUT2D eigenvalue weighted by molar-refractivity contribution is -0.384. The number of hydrogen-bond acceptors (Lipinski definition) is 6. The number of nitro groups is 1. The van der Waals surface area contributed by atoms with Crippen LogP contribution in [-0.4, -0.2) is 24.3 Å². The second-order valence-electron chi connectivity index (χ2n) is 5.53. The number of aromatic nitrogens is 1. The number of amidine groups is 1. The summed E-state index contributed by atoms with van der Waals surface area (Å²) in [6.07, 6.45) is 0. The van der Waals surface area contributed by atoms with Crippen molar-refractivity contribution in [2.24, 2.45) is 10.1 Å². The highest BCUT2D eigenvalue weighted by molar-refractivity contribution is 7.90. The van der Waals surface area contributed by atoms with Crippen molar-refractivity contribution < 1.29 is 17.9 Å². The van der Waals surface area contributed by atoms with E-state index in [1.165, 1.54) is 0 Å². The van der Waals surface area contributed by atoms with Crippen molar-refractivity contribution in [3.05, 3.63) is 76.0 Å². The summed E-state index contributed by atoms with van der Waals surface area (Å²) in [5.41, 5.74) is 7.04. The zero-order valence-corrected chi connectivity index (χ0v) is 14.9. The van der Waals surface area contributed by atoms with E-state index in [4.69, 9.17) is 10.3 Å². The summed E-state index contributed by atoms with van der Waals surface area (Å²) < 4.78 is 33.8. The number of sulfonamides is 1. The Balaban J connectivity index is 2.03. The molecule has 0 saturated carbocycles. The Bertz CT molecular complexity index is 1120. The number of non-ortho nitro benzene ring substituents is 1. The van der Waals surface area contributed by atoms with Gasteiger partial charge in [0.15, 0.2) is 0 Å². The molecule has 0 aliphatic heterocycles. The monoisotopic (exact) mass is 386 g/mol. The van der Waals surface area contributed by atoms with Crippen molar-refractivity contribution in [2.45, 2.75) is 11.8 Å². The first-order chi connectivity index (χ1) is 12.8. The average molecular weight is 386 g/mol. The molecular formula is C17H14N4O5S. The molecule has 0 saturated heterocycles. The van der Waals surface area contributed by atoms with E-state index in [9.17, 15) is 18.5 Å². The molecule has 0 atom stereocenters. The lowest BCUT2D eigenvalue weighted by atomic mass is 10.1. The Hall–Kier alpha value is -3.53. The first-order valence-corrected chi connectivity index (χ1v) is 9.10. The minimum atomic E-state index is -4.17. The molecule has 2 aromatic carbocycles. The van der Waals surface area contributed by atoms with Gasteiger partial charge in [-0.2, -0.15) is 8.42 Å². The predicted octanol–water partition coefficient (Wildman–Crippen LogP) is 2.65. The molecule has 9 nitrogen and oxygen atoms in total. The molecule has 0 radical (unpaired) electrons. The van der Waals surface area contributed by atoms with Crippen LogP contribution in [0.4, 0.5) is 5.69 Å². The summed E-state index contributed by atoms with van der Waals surface area (Å²) in [5.74, 6) is 0.0277. The maximum atomic E-state index is 12.5. The fourth-order valence-corrected chi connectivity index (χ4v) is 3.37. The standard InChI is InChI=1S/C17H14N4O5S/c1-11-15(16(19-26-11)12-5-3-2-4-6-12)17(18)20-27(24,25)14-9-7-13(8-10-14)21(22)23/h2-10H,1H3,(H2,18,20). The third-order valence-electron chi connectivity index (χ3n) is 3.73. The highest BCUT2D eigenvalue weighted by atomic mass is 32.2. The van der Waals surface area contributed by atoms with Gasteiger partial charge in [-0.15, -0.1) is 4.40 Å². The molecule has 0 amide bonds. The molecule has 1 aromatic heterocycles. The van der Waals surface area contributed by atoms with E-state index in [1.807, 2.05) is 6.07 Å². The lowest BCUT2D eigenvalue weighted by Crippen LogP contribution is -2.17. The van der Waals surface area contributed by atoms with Crippen molar-refractivity contribution >= 4 is 21.5 Å². The maximum Gasteiger partial charge on any atom is 0.284 e. The number of nitrogens with two attached hydrogens (primary N) is 1. The van der Waals surface area contributed by atoms with Gasteiger partial charge in [-0.05, 0) is 19.1 Å². The first kappa shape index (κ1) is 18.3. The van der Waals surface area contributed by atoms with Crippen molar-refractivity contribution in [3.63, 3.8) is 0 Å². The van der Waals surface area contributed by atoms with Gasteiger partial charge >= 0.3 is 0 Å². The topological polar surface area (TPSA) is 142 Å². The second kappa shape index (κ2) is 7.00. The van der Waals surface area contributed by atoms with Gasteiger partial charge in [-0.25, -0.2) is 0 Å². The minimum absolute atomic E-state index is 0.216. The van der Waals surface area contributed by atoms with Crippen LogP contribution in [0.25, 0.3) is 11.3 Å². The molecule has 0 bridgehead atoms. The summed E-state index contributed by atoms with van der Waals surface area (Å²) in [6.45, 7) is 1.59. The van der Waals surface area contributed by atoms with Gasteiger partial charge in [0.1, 0.15) is 17.3 Å². The Labute approximate surface area is 154 Å². The molecular weight excluding hydrogens is 372 g/mol. The highest BCUT2D eigenvalue weighted by Crippen LogP contribution is 2.26. The number of aryl methyl sites for hydroxylation is 1. The number of rotatable bonds is 5. The number of nitrogens with zero attached hydrogens (tertiary/aromatic N) is 3. The van der Waals surface area contributed by atoms with Crippen LogP contribution in [0.15, 0.2) is 68.4 Å². The molecule has 0 spiro atoms. The minimum Gasteiger partial charge on any atom is -0.382 e. The molecule has 3 rings (SSSR count). The molecule has 10 heteroatoms. The SMILES string of the molecule is Cc1onc(-c2ccccc2)c1/C(N)=N/S(=O)(=O)c1ccc([N+](=O)[O-])cc1. The Morgan fingerprint density at radius 3 is 2.37 bits per heavy atom. The van der Waals surface area contributed by atoms with Crippen molar-refractivity contribution in [1.82, 2.24) is 5.16 Å². The number of nitro benzene ring substituents is 1. The molecule has 0 aliphatic rings. The summed E-state index contributed by atoms with van der Waals surface area (Å²) in [5, 5.41) is 14.6. The van der Waals surface area contributed by atoms with Gasteiger partial charge in [0.2, 0.25) is 0 Å². The quantitative estimate of drug-likeness (QED) is 0.307. The van der Waals surface area contributed by atoms with Gasteiger partial charge < -0.3 is 10.3 Å². The molecule has 0 unspecified atom stereocenters. The smallest absolute Gasteiger partial charge is 0.284 e. The van der Waals surface area contributed by atoms with E-state index in [0.29, 0.717) is 17.0 Å². The van der Waals surface area contributed by atoms with E-state index in [-0.39, 0.29) is 22.0 Å². The molecule has 0 aliphatic carbocycles. The second-order valence-corrected chi connectivity index (χ2v) is 7.14. The van der Waals surface area contributed by atoms with Crippen LogP contribution in [0, 0.1) is 17.0 Å². The fourth-order valence-electron chi connectivity index (χ4n) is 2.43. The Morgan fingerprint density at radius 1 is 1.15 bits per heavy atom. The van der Waals surface area contributed by atoms with Crippen LogP contribution < -0.4 is 5.73 Å². The van der Waals surface area contributed by atoms with Crippen LogP contribution in [0.2, 0.25) is 0 Å². The highest BCUT2D eigenvalue weighted by Gasteiger charge is 2.22. The molecule has 2 N–H and O–H groups in total. The van der Waals surface area contributed by atoms with Gasteiger partial charge in [-0.3, -0.25) is 10.1 Å². The molecule has 27 heavy (non-hydrogen) atoms. The van der Waals surface area contributed by atoms with Gasteiger partial charge in [0, 0.05) is 17.7 Å². The number of hydrogen-bond donors (Lipinski definition) is 1. The lowest BCUT2D eigenvalue weighted by Gasteiger charge is -2.04. The van der Waals surface area contributed by atoms with Crippen molar-refractivity contribution in [1.29, 1.82) is 0 Å². The third kappa shape index (κ3) is 3.70. The molecule has 138 valence electrons. The van der Waals surface area contributed by atoms with Gasteiger partial charge in [-0.1, -0.05) is 35.5 Å². The molecule has 0 fully saturated rings. The van der Waals surface area contributed by atoms with Crippen LogP contribution in [0.3, 0.4) is 0 Å². The maximum absolute atomic E-state index is 12.5. The average Bonchev–Trinajstić information content (AvgIpc) is 3.04. The van der Waals surface area contributed by atoms with Crippen LogP contribution in [0.5, 0.6) is 0 Å². The van der Waals surface area contributed by atoms with Crippen molar-refractivity contribution in [3.8, 4) is 11.3 Å². The zero-order chi connectivity index (χ0) is 19.6. The Kier molecular flexibility index (Phi) is 4.74. The zero-order valence-electron chi connectivity index (χ0n) is 14.1. The van der Waals surface area contributed by atoms with Crippen molar-refractivity contribution in [2.75, 3.05) is 0 Å². The molecule has 1 heterocycles. The summed E-state index contributed by atoms with van der Waals surface area (Å²) in [6, 6.07) is 13.3. The normalized spacial score (nSPS) is 12.1. The van der Waals surface area contributed by atoms with E-state index in [0.717, 1.165) is 24.3 Å². The van der Waals surface area contributed by atoms with Crippen LogP contribution >= 0.6 is 0 Å². The summed E-state index contributed by atoms with van der Waals surface area (Å²) in [4.78, 5) is 9.86. The largest absolute Gasteiger partial charge is 0.382 e. The Morgan fingerprint density at radius 2 is 1.78 bits per heavy atom. The van der Waals surface area contributed by atoms with E-state index < -0.39 is 14.9 Å². The van der Waals surface area contributed by atoms with Crippen LogP contribution in [0.1, 0.15) is 11.3 Å². The van der Waals surface area contributed by atoms with Gasteiger partial charge in [0.05, 0.1) is 15.4 Å². The summed E-state index contributed by atoms with van der Waals surface area (Å²) in [7, 11) is -4.17. The molecule has 3 aromatic rings. The third-order valence-corrected chi connectivity index (χ3v) is 5.03. The fraction of sp³-hybridized carbons (Fsp3) is 0.0588. The van der Waals surface area contributed by atoms with E-state index >= 15 is 0 Å². The van der Waals surface area contributed by atoms with Gasteiger partial charge in [0.25, 0.3) is 15.7 Å². The predicted molar refractivity (Wildman–Crippen MR) is 97.7 cm³/mol. The first-order valence-electron chi connectivity index (χ1n) is 7.66. The number of benzene rings is 2.